The molecule has 1 heterocycles. The van der Waals surface area contributed by atoms with Gasteiger partial charge < -0.3 is 29.9 Å². The quantitative estimate of drug-likeness (QED) is 0.458. The van der Waals surface area contributed by atoms with E-state index in [2.05, 4.69) is 6.92 Å². The highest BCUT2D eigenvalue weighted by molar-refractivity contribution is 4.88. The maximum Gasteiger partial charge on any atom is 0.186 e. The van der Waals surface area contributed by atoms with Crippen LogP contribution in [-0.2, 0) is 9.47 Å². The molecule has 6 heteroatoms. The first-order valence-electron chi connectivity index (χ1n) is 6.54. The van der Waals surface area contributed by atoms with E-state index in [9.17, 15) is 15.3 Å². The molecule has 0 aromatic heterocycles. The summed E-state index contributed by atoms with van der Waals surface area (Å²) in [4.78, 5) is 0. The molecule has 0 aliphatic carbocycles. The summed E-state index contributed by atoms with van der Waals surface area (Å²) in [5, 5.41) is 37.8. The molecule has 0 aromatic rings. The second-order valence-electron chi connectivity index (χ2n) is 4.63. The van der Waals surface area contributed by atoms with E-state index in [1.165, 1.54) is 0 Å². The average molecular weight is 264 g/mol. The normalized spacial score (nSPS) is 36.8. The molecule has 0 bridgehead atoms. The van der Waals surface area contributed by atoms with Gasteiger partial charge in [-0.1, -0.05) is 26.2 Å². The largest absolute Gasteiger partial charge is 0.394 e. The van der Waals surface area contributed by atoms with Gasteiger partial charge in [0.05, 0.1) is 6.61 Å². The van der Waals surface area contributed by atoms with E-state index in [1.807, 2.05) is 0 Å². The minimum absolute atomic E-state index is 0.419. The number of hydrogen-bond donors (Lipinski definition) is 4. The lowest BCUT2D eigenvalue weighted by molar-refractivity contribution is -0.301. The topological polar surface area (TPSA) is 99.4 Å². The molecular weight excluding hydrogens is 240 g/mol. The molecular formula is C12H24O6. The molecule has 0 aromatic carbocycles. The highest BCUT2D eigenvalue weighted by atomic mass is 16.7. The molecule has 1 aliphatic rings. The summed E-state index contributed by atoms with van der Waals surface area (Å²) < 4.78 is 10.5. The molecule has 1 aliphatic heterocycles. The van der Waals surface area contributed by atoms with Crippen molar-refractivity contribution in [2.75, 3.05) is 13.2 Å². The third kappa shape index (κ3) is 4.15. The maximum atomic E-state index is 9.68. The van der Waals surface area contributed by atoms with E-state index in [0.29, 0.717) is 6.61 Å². The highest BCUT2D eigenvalue weighted by Gasteiger charge is 2.43. The predicted molar refractivity (Wildman–Crippen MR) is 63.9 cm³/mol. The highest BCUT2D eigenvalue weighted by Crippen LogP contribution is 2.22. The van der Waals surface area contributed by atoms with E-state index in [-0.39, 0.29) is 0 Å². The number of aliphatic hydroxyl groups excluding tert-OH is 4. The first-order chi connectivity index (χ1) is 8.61. The van der Waals surface area contributed by atoms with Crippen molar-refractivity contribution in [2.45, 2.75) is 63.3 Å². The SMILES string of the molecule is CCCCCCO[C@@H]1OC(CO)[C@H](O)[C@H](O)C1O. The van der Waals surface area contributed by atoms with Crippen LogP contribution in [-0.4, -0.2) is 64.3 Å². The van der Waals surface area contributed by atoms with Crippen LogP contribution in [0.5, 0.6) is 0 Å². The molecule has 0 saturated carbocycles. The lowest BCUT2D eigenvalue weighted by Crippen LogP contribution is -2.59. The second-order valence-corrected chi connectivity index (χ2v) is 4.63. The van der Waals surface area contributed by atoms with E-state index < -0.39 is 37.3 Å². The molecule has 4 N–H and O–H groups in total. The molecule has 0 amide bonds. The van der Waals surface area contributed by atoms with Gasteiger partial charge in [-0.25, -0.2) is 0 Å². The molecule has 1 saturated heterocycles. The second kappa shape index (κ2) is 8.04. The number of ether oxygens (including phenoxy) is 2. The van der Waals surface area contributed by atoms with Crippen LogP contribution in [0, 0.1) is 0 Å². The van der Waals surface area contributed by atoms with E-state index >= 15 is 0 Å². The van der Waals surface area contributed by atoms with Gasteiger partial charge in [0.2, 0.25) is 0 Å². The molecule has 108 valence electrons. The van der Waals surface area contributed by atoms with Gasteiger partial charge >= 0.3 is 0 Å². The third-order valence-corrected chi connectivity index (χ3v) is 3.13. The molecule has 2 unspecified atom stereocenters. The fourth-order valence-corrected chi connectivity index (χ4v) is 1.93. The molecule has 1 fully saturated rings. The Balaban J connectivity index is 2.35. The summed E-state index contributed by atoms with van der Waals surface area (Å²) in [5.74, 6) is 0. The number of unbranched alkanes of at least 4 members (excludes halogenated alkanes) is 3. The fourth-order valence-electron chi connectivity index (χ4n) is 1.93. The van der Waals surface area contributed by atoms with Gasteiger partial charge in [0.15, 0.2) is 6.29 Å². The lowest BCUT2D eigenvalue weighted by atomic mass is 9.99. The Morgan fingerprint density at radius 1 is 1.00 bits per heavy atom. The average Bonchev–Trinajstić information content (AvgIpc) is 2.38. The Hall–Kier alpha value is -0.240. The minimum atomic E-state index is -1.36. The van der Waals surface area contributed by atoms with Crippen LogP contribution in [0.3, 0.4) is 0 Å². The fraction of sp³-hybridized carbons (Fsp3) is 1.00. The number of rotatable bonds is 7. The summed E-state index contributed by atoms with van der Waals surface area (Å²) >= 11 is 0. The van der Waals surface area contributed by atoms with Gasteiger partial charge in [-0.2, -0.15) is 0 Å². The van der Waals surface area contributed by atoms with Gasteiger partial charge in [0.25, 0.3) is 0 Å². The van der Waals surface area contributed by atoms with Gasteiger partial charge in [-0.15, -0.1) is 0 Å². The third-order valence-electron chi connectivity index (χ3n) is 3.13. The minimum Gasteiger partial charge on any atom is -0.394 e. The Morgan fingerprint density at radius 2 is 1.72 bits per heavy atom. The summed E-state index contributed by atoms with van der Waals surface area (Å²) in [6, 6.07) is 0. The zero-order valence-corrected chi connectivity index (χ0v) is 10.7. The van der Waals surface area contributed by atoms with Gasteiger partial charge in [0, 0.05) is 6.61 Å². The Morgan fingerprint density at radius 3 is 2.33 bits per heavy atom. The van der Waals surface area contributed by atoms with Crippen LogP contribution >= 0.6 is 0 Å². The molecule has 5 atom stereocenters. The summed E-state index contributed by atoms with van der Waals surface area (Å²) in [7, 11) is 0. The van der Waals surface area contributed by atoms with Crippen molar-refractivity contribution >= 4 is 0 Å². The van der Waals surface area contributed by atoms with Crippen LogP contribution in [0.1, 0.15) is 32.6 Å². The maximum absolute atomic E-state index is 9.68. The van der Waals surface area contributed by atoms with Crippen LogP contribution in [0.25, 0.3) is 0 Å². The molecule has 6 nitrogen and oxygen atoms in total. The Bertz CT molecular complexity index is 223. The van der Waals surface area contributed by atoms with Crippen molar-refractivity contribution in [1.82, 2.24) is 0 Å². The molecule has 1 rings (SSSR count). The van der Waals surface area contributed by atoms with Crippen molar-refractivity contribution in [3.05, 3.63) is 0 Å². The first-order valence-corrected chi connectivity index (χ1v) is 6.54. The smallest absolute Gasteiger partial charge is 0.186 e. The summed E-state index contributed by atoms with van der Waals surface area (Å²) in [5.41, 5.74) is 0. The van der Waals surface area contributed by atoms with E-state index in [1.54, 1.807) is 0 Å². The number of hydrogen-bond acceptors (Lipinski definition) is 6. The number of aliphatic hydroxyl groups is 4. The van der Waals surface area contributed by atoms with E-state index in [4.69, 9.17) is 14.6 Å². The molecule has 0 radical (unpaired) electrons. The van der Waals surface area contributed by atoms with Crippen molar-refractivity contribution in [3.8, 4) is 0 Å². The van der Waals surface area contributed by atoms with Crippen LogP contribution in [0.4, 0.5) is 0 Å². The van der Waals surface area contributed by atoms with Gasteiger partial charge in [0.1, 0.15) is 24.4 Å². The first kappa shape index (κ1) is 15.8. The van der Waals surface area contributed by atoms with E-state index in [0.717, 1.165) is 25.7 Å². The zero-order chi connectivity index (χ0) is 13.5. The van der Waals surface area contributed by atoms with Crippen LogP contribution in [0.2, 0.25) is 0 Å². The predicted octanol–water partition coefficient (Wildman–Crippen LogP) is -0.617. The van der Waals surface area contributed by atoms with Crippen molar-refractivity contribution in [3.63, 3.8) is 0 Å². The Kier molecular flexibility index (Phi) is 7.06. The summed E-state index contributed by atoms with van der Waals surface area (Å²) in [6.07, 6.45) is -1.75. The van der Waals surface area contributed by atoms with Gasteiger partial charge in [-0.05, 0) is 6.42 Å². The lowest BCUT2D eigenvalue weighted by Gasteiger charge is -2.39. The zero-order valence-electron chi connectivity index (χ0n) is 10.7. The molecule has 18 heavy (non-hydrogen) atoms. The summed E-state index contributed by atoms with van der Waals surface area (Å²) in [6.45, 7) is 2.10. The van der Waals surface area contributed by atoms with Crippen molar-refractivity contribution < 1.29 is 29.9 Å². The van der Waals surface area contributed by atoms with Gasteiger partial charge in [-0.3, -0.25) is 0 Å². The molecule has 0 spiro atoms. The van der Waals surface area contributed by atoms with Crippen molar-refractivity contribution in [1.29, 1.82) is 0 Å². The monoisotopic (exact) mass is 264 g/mol. The van der Waals surface area contributed by atoms with Crippen molar-refractivity contribution in [2.24, 2.45) is 0 Å². The van der Waals surface area contributed by atoms with Crippen LogP contribution in [0.15, 0.2) is 0 Å². The Labute approximate surface area is 107 Å². The standard InChI is InChI=1S/C12H24O6/c1-2-3-4-5-6-17-12-11(16)10(15)9(14)8(7-13)18-12/h8-16H,2-7H2,1H3/t8?,9-,10-,11?,12+/m0/s1. The van der Waals surface area contributed by atoms with Crippen LogP contribution < -0.4 is 0 Å².